The molecule has 0 atom stereocenters. The number of ketones is 1. The zero-order chi connectivity index (χ0) is 25.3. The number of nitrogens with zero attached hydrogens (tertiary/aromatic N) is 2. The summed E-state index contributed by atoms with van der Waals surface area (Å²) in [5, 5.41) is 8.69. The Balaban J connectivity index is 0.000000297. The van der Waals surface area contributed by atoms with Gasteiger partial charge in [0.05, 0.1) is 0 Å². The Morgan fingerprint density at radius 2 is 1.71 bits per heavy atom. The van der Waals surface area contributed by atoms with Crippen LogP contribution in [-0.2, 0) is 12.8 Å². The van der Waals surface area contributed by atoms with Gasteiger partial charge in [0.15, 0.2) is 10.8 Å². The second-order valence-electron chi connectivity index (χ2n) is 8.92. The quantitative estimate of drug-likeness (QED) is 0.325. The monoisotopic (exact) mass is 548 g/mol. The summed E-state index contributed by atoms with van der Waals surface area (Å²) in [6.07, 6.45) is 8.14. The van der Waals surface area contributed by atoms with E-state index < -0.39 is 0 Å². The summed E-state index contributed by atoms with van der Waals surface area (Å²) in [7, 11) is 0. The number of aliphatic hydroxyl groups excluding tert-OH is 1. The van der Waals surface area contributed by atoms with Crippen molar-refractivity contribution in [1.29, 1.82) is 0 Å². The largest absolute Gasteiger partial charge is 0.396 e. The van der Waals surface area contributed by atoms with Crippen LogP contribution in [0.4, 0.5) is 0 Å². The Kier molecular flexibility index (Phi) is 15.9. The van der Waals surface area contributed by atoms with Crippen LogP contribution in [0.25, 0.3) is 10.3 Å². The average Bonchev–Trinajstić information content (AvgIpc) is 3.22. The molecule has 0 unspecified atom stereocenters. The van der Waals surface area contributed by atoms with E-state index in [-0.39, 0.29) is 5.78 Å². The SMILES string of the molecule is Brc1ccccc1.CC(C)C.CCCC(=O)c1nc2cc3c(nc2s1)CCCC3.CCCCO. The number of unbranched alkanes of at least 4 members (excludes halogenated alkanes) is 1. The number of aryl methyl sites for hydroxylation is 2. The van der Waals surface area contributed by atoms with Crippen LogP contribution in [0.2, 0.25) is 0 Å². The summed E-state index contributed by atoms with van der Waals surface area (Å²) in [6.45, 7) is 10.9. The molecule has 0 spiro atoms. The molecule has 0 saturated heterocycles. The zero-order valence-corrected chi connectivity index (χ0v) is 23.8. The molecule has 1 N–H and O–H groups in total. The molecule has 1 aromatic carbocycles. The Bertz CT molecular complexity index is 910. The van der Waals surface area contributed by atoms with Crippen LogP contribution in [0.15, 0.2) is 40.9 Å². The van der Waals surface area contributed by atoms with Gasteiger partial charge in [0, 0.05) is 23.2 Å². The van der Waals surface area contributed by atoms with Gasteiger partial charge in [-0.1, -0.05) is 86.5 Å². The summed E-state index contributed by atoms with van der Waals surface area (Å²) in [4.78, 5) is 21.9. The Morgan fingerprint density at radius 1 is 1.06 bits per heavy atom. The molecule has 0 aliphatic heterocycles. The fourth-order valence-corrected chi connectivity index (χ4v) is 4.22. The first-order valence-electron chi connectivity index (χ1n) is 12.5. The lowest BCUT2D eigenvalue weighted by Crippen LogP contribution is -2.04. The highest BCUT2D eigenvalue weighted by molar-refractivity contribution is 9.10. The number of benzene rings is 1. The molecule has 6 heteroatoms. The van der Waals surface area contributed by atoms with Crippen molar-refractivity contribution in [3.05, 3.63) is 57.1 Å². The lowest BCUT2D eigenvalue weighted by molar-refractivity contribution is 0.0981. The molecule has 4 rings (SSSR count). The summed E-state index contributed by atoms with van der Waals surface area (Å²) < 4.78 is 1.13. The molecule has 1 aliphatic carbocycles. The molecule has 1 aliphatic rings. The lowest BCUT2D eigenvalue weighted by Gasteiger charge is -2.13. The van der Waals surface area contributed by atoms with Crippen molar-refractivity contribution in [1.82, 2.24) is 9.97 Å². The summed E-state index contributed by atoms with van der Waals surface area (Å²) >= 11 is 4.76. The summed E-state index contributed by atoms with van der Waals surface area (Å²) in [5.74, 6) is 0.985. The first-order valence-corrected chi connectivity index (χ1v) is 14.1. The van der Waals surface area contributed by atoms with Gasteiger partial charge in [-0.2, -0.15) is 0 Å². The van der Waals surface area contributed by atoms with Crippen LogP contribution in [0.3, 0.4) is 0 Å². The van der Waals surface area contributed by atoms with E-state index in [1.807, 2.05) is 37.3 Å². The van der Waals surface area contributed by atoms with Gasteiger partial charge in [0.25, 0.3) is 0 Å². The van der Waals surface area contributed by atoms with Crippen molar-refractivity contribution < 1.29 is 9.90 Å². The Morgan fingerprint density at radius 3 is 2.21 bits per heavy atom. The van der Waals surface area contributed by atoms with E-state index in [2.05, 4.69) is 59.7 Å². The van der Waals surface area contributed by atoms with E-state index in [0.29, 0.717) is 18.0 Å². The second kappa shape index (κ2) is 17.8. The third-order valence-electron chi connectivity index (χ3n) is 4.62. The number of rotatable bonds is 5. The molecular formula is C28H41BrN2O2S. The van der Waals surface area contributed by atoms with E-state index in [1.54, 1.807) is 0 Å². The highest BCUT2D eigenvalue weighted by atomic mass is 79.9. The lowest BCUT2D eigenvalue weighted by atomic mass is 9.96. The molecular weight excluding hydrogens is 508 g/mol. The van der Waals surface area contributed by atoms with Crippen LogP contribution in [-0.4, -0.2) is 27.5 Å². The number of pyridine rings is 1. The molecule has 4 nitrogen and oxygen atoms in total. The first-order chi connectivity index (χ1) is 16.3. The number of aromatic nitrogens is 2. The number of carbonyl (C=O) groups is 1. The number of hydrogen-bond donors (Lipinski definition) is 1. The molecule has 0 bridgehead atoms. The molecule has 0 radical (unpaired) electrons. The number of thiazole rings is 1. The van der Waals surface area contributed by atoms with Crippen molar-refractivity contribution in [2.75, 3.05) is 6.61 Å². The molecule has 2 aromatic heterocycles. The van der Waals surface area contributed by atoms with E-state index in [0.717, 1.165) is 52.8 Å². The maximum Gasteiger partial charge on any atom is 0.191 e. The van der Waals surface area contributed by atoms with E-state index in [4.69, 9.17) is 5.11 Å². The fourth-order valence-electron chi connectivity index (χ4n) is 3.01. The molecule has 0 amide bonds. The zero-order valence-electron chi connectivity index (χ0n) is 21.4. The van der Waals surface area contributed by atoms with Gasteiger partial charge in [-0.05, 0) is 68.2 Å². The molecule has 0 fully saturated rings. The highest BCUT2D eigenvalue weighted by Gasteiger charge is 2.16. The number of aliphatic hydroxyl groups is 1. The minimum absolute atomic E-state index is 0.151. The standard InChI is InChI=1S/C14H16N2OS.C6H5Br.C4H10O.C4H10/c1-2-5-12(17)14-16-11-8-9-6-3-4-7-10(9)15-13(11)18-14;7-6-4-2-1-3-5-6;1-2-3-4-5;1-4(2)3/h8H,2-7H2,1H3;1-5H;5H,2-4H2,1H3;4H,1-3H3. The number of Topliss-reactive ketones (excluding diaryl/α,β-unsaturated/α-hetero) is 1. The predicted octanol–water partition coefficient (Wildman–Crippen LogP) is 8.44. The van der Waals surface area contributed by atoms with E-state index in [1.165, 1.54) is 35.4 Å². The predicted molar refractivity (Wildman–Crippen MR) is 150 cm³/mol. The van der Waals surface area contributed by atoms with Gasteiger partial charge in [-0.3, -0.25) is 4.79 Å². The fraction of sp³-hybridized carbons (Fsp3) is 0.536. The maximum absolute atomic E-state index is 11.9. The Labute approximate surface area is 218 Å². The second-order valence-corrected chi connectivity index (χ2v) is 10.8. The summed E-state index contributed by atoms with van der Waals surface area (Å²) in [6, 6.07) is 12.1. The first kappa shape index (κ1) is 30.4. The van der Waals surface area contributed by atoms with Crippen LogP contribution in [0.1, 0.15) is 94.2 Å². The van der Waals surface area contributed by atoms with Crippen molar-refractivity contribution in [2.45, 2.75) is 86.0 Å². The van der Waals surface area contributed by atoms with Gasteiger partial charge >= 0.3 is 0 Å². The third-order valence-corrected chi connectivity index (χ3v) is 6.16. The van der Waals surface area contributed by atoms with Crippen LogP contribution in [0, 0.1) is 5.92 Å². The van der Waals surface area contributed by atoms with Crippen molar-refractivity contribution in [3.8, 4) is 0 Å². The molecule has 0 saturated carbocycles. The van der Waals surface area contributed by atoms with Gasteiger partial charge in [-0.25, -0.2) is 9.97 Å². The minimum atomic E-state index is 0.151. The normalized spacial score (nSPS) is 11.9. The maximum atomic E-state index is 11.9. The smallest absolute Gasteiger partial charge is 0.191 e. The number of carbonyl (C=O) groups excluding carboxylic acids is 1. The Hall–Kier alpha value is -1.63. The summed E-state index contributed by atoms with van der Waals surface area (Å²) in [5.41, 5.74) is 3.44. The highest BCUT2D eigenvalue weighted by Crippen LogP contribution is 2.27. The van der Waals surface area contributed by atoms with Gasteiger partial charge in [0.2, 0.25) is 0 Å². The average molecular weight is 550 g/mol. The number of halogens is 1. The van der Waals surface area contributed by atoms with Crippen molar-refractivity contribution in [3.63, 3.8) is 0 Å². The van der Waals surface area contributed by atoms with E-state index >= 15 is 0 Å². The van der Waals surface area contributed by atoms with Gasteiger partial charge < -0.3 is 5.11 Å². The van der Waals surface area contributed by atoms with Gasteiger partial charge in [-0.15, -0.1) is 0 Å². The number of hydrogen-bond acceptors (Lipinski definition) is 5. The molecule has 188 valence electrons. The topological polar surface area (TPSA) is 63.1 Å². The van der Waals surface area contributed by atoms with Crippen LogP contribution in [0.5, 0.6) is 0 Å². The van der Waals surface area contributed by atoms with Crippen LogP contribution >= 0.6 is 27.3 Å². The van der Waals surface area contributed by atoms with Crippen LogP contribution < -0.4 is 0 Å². The third kappa shape index (κ3) is 12.2. The van der Waals surface area contributed by atoms with Gasteiger partial charge in [0.1, 0.15) is 10.3 Å². The molecule has 3 aromatic rings. The molecule has 34 heavy (non-hydrogen) atoms. The van der Waals surface area contributed by atoms with E-state index in [9.17, 15) is 4.79 Å². The minimum Gasteiger partial charge on any atom is -0.396 e. The number of fused-ring (bicyclic) bond motifs is 2. The van der Waals surface area contributed by atoms with Crippen molar-refractivity contribution >= 4 is 43.4 Å². The van der Waals surface area contributed by atoms with Crippen molar-refractivity contribution in [2.24, 2.45) is 5.92 Å². The molecule has 2 heterocycles.